The van der Waals surface area contributed by atoms with Gasteiger partial charge < -0.3 is 15.4 Å². The average Bonchev–Trinajstić information content (AvgIpc) is 2.53. The van der Waals surface area contributed by atoms with E-state index >= 15 is 0 Å². The van der Waals surface area contributed by atoms with E-state index < -0.39 is 5.91 Å². The second-order valence-electron chi connectivity index (χ2n) is 4.55. The first kappa shape index (κ1) is 17.1. The van der Waals surface area contributed by atoms with E-state index in [2.05, 4.69) is 10.6 Å². The first-order valence-electron chi connectivity index (χ1n) is 6.74. The van der Waals surface area contributed by atoms with Gasteiger partial charge in [-0.2, -0.15) is 0 Å². The summed E-state index contributed by atoms with van der Waals surface area (Å²) in [5, 5.41) is 5.90. The third-order valence-corrected chi connectivity index (χ3v) is 3.29. The van der Waals surface area contributed by atoms with Gasteiger partial charge in [0.15, 0.2) is 6.61 Å². The van der Waals surface area contributed by atoms with Crippen LogP contribution in [0.25, 0.3) is 0 Å². The molecule has 2 amide bonds. The Bertz CT molecular complexity index is 693. The van der Waals surface area contributed by atoms with Gasteiger partial charge in [0.25, 0.3) is 5.91 Å². The SMILES string of the molecule is O=C(COc1ccc(Cl)cc1Cl)NCC(=O)Nc1ccccc1. The number of carbonyl (C=O) groups excluding carboxylic acids is 2. The molecule has 5 nitrogen and oxygen atoms in total. The molecule has 0 aliphatic rings. The molecular formula is C16H14Cl2N2O3. The molecule has 120 valence electrons. The van der Waals surface area contributed by atoms with Crippen LogP contribution in [0.3, 0.4) is 0 Å². The Hall–Kier alpha value is -2.24. The number of nitrogens with one attached hydrogen (secondary N) is 2. The highest BCUT2D eigenvalue weighted by atomic mass is 35.5. The van der Waals surface area contributed by atoms with Gasteiger partial charge in [0, 0.05) is 10.7 Å². The largest absolute Gasteiger partial charge is 0.482 e. The molecule has 2 aromatic carbocycles. The zero-order valence-corrected chi connectivity index (χ0v) is 13.5. The highest BCUT2D eigenvalue weighted by Gasteiger charge is 2.08. The van der Waals surface area contributed by atoms with Crippen molar-refractivity contribution in [2.24, 2.45) is 0 Å². The van der Waals surface area contributed by atoms with E-state index in [9.17, 15) is 9.59 Å². The summed E-state index contributed by atoms with van der Waals surface area (Å²) in [5.41, 5.74) is 0.663. The number of hydrogen-bond acceptors (Lipinski definition) is 3. The van der Waals surface area contributed by atoms with Gasteiger partial charge in [0.2, 0.25) is 5.91 Å². The summed E-state index contributed by atoms with van der Waals surface area (Å²) in [6.45, 7) is -0.397. The Morgan fingerprint density at radius 3 is 2.43 bits per heavy atom. The maximum Gasteiger partial charge on any atom is 0.258 e. The van der Waals surface area contributed by atoms with Crippen molar-refractivity contribution in [3.63, 3.8) is 0 Å². The molecule has 0 saturated heterocycles. The summed E-state index contributed by atoms with van der Waals surface area (Å²) in [4.78, 5) is 23.3. The van der Waals surface area contributed by atoms with Gasteiger partial charge in [-0.15, -0.1) is 0 Å². The quantitative estimate of drug-likeness (QED) is 0.839. The molecule has 0 bridgehead atoms. The molecule has 2 N–H and O–H groups in total. The standard InChI is InChI=1S/C16H14Cl2N2O3/c17-11-6-7-14(13(18)8-11)23-10-16(22)19-9-15(21)20-12-4-2-1-3-5-12/h1-8H,9-10H2,(H,19,22)(H,20,21). The summed E-state index contributed by atoms with van der Waals surface area (Å²) in [5.74, 6) is -0.409. The van der Waals surface area contributed by atoms with Crippen LogP contribution in [0.5, 0.6) is 5.75 Å². The number of amides is 2. The summed E-state index contributed by atoms with van der Waals surface area (Å²) in [7, 11) is 0. The number of carbonyl (C=O) groups is 2. The minimum Gasteiger partial charge on any atom is -0.482 e. The minimum absolute atomic E-state index is 0.147. The lowest BCUT2D eigenvalue weighted by Crippen LogP contribution is -2.35. The Morgan fingerprint density at radius 2 is 1.74 bits per heavy atom. The predicted octanol–water partition coefficient (Wildman–Crippen LogP) is 3.13. The predicted molar refractivity (Wildman–Crippen MR) is 90.0 cm³/mol. The van der Waals surface area contributed by atoms with Crippen molar-refractivity contribution >= 4 is 40.7 Å². The van der Waals surface area contributed by atoms with Crippen LogP contribution in [0, 0.1) is 0 Å². The zero-order valence-electron chi connectivity index (χ0n) is 12.0. The molecule has 2 aromatic rings. The van der Waals surface area contributed by atoms with Gasteiger partial charge >= 0.3 is 0 Å². The number of rotatable bonds is 6. The molecule has 0 unspecified atom stereocenters. The smallest absolute Gasteiger partial charge is 0.258 e. The topological polar surface area (TPSA) is 67.4 Å². The summed E-state index contributed by atoms with van der Waals surface area (Å²) in [6, 6.07) is 13.7. The van der Waals surface area contributed by atoms with Crippen LogP contribution in [0.15, 0.2) is 48.5 Å². The third-order valence-electron chi connectivity index (χ3n) is 2.76. The molecule has 0 aliphatic heterocycles. The lowest BCUT2D eigenvalue weighted by atomic mass is 10.3. The Balaban J connectivity index is 1.73. The van der Waals surface area contributed by atoms with Gasteiger partial charge in [-0.05, 0) is 30.3 Å². The molecule has 0 aromatic heterocycles. The summed E-state index contributed by atoms with van der Waals surface area (Å²) >= 11 is 11.7. The minimum atomic E-state index is -0.431. The molecule has 2 rings (SSSR count). The number of halogens is 2. The van der Waals surface area contributed by atoms with Crippen LogP contribution in [-0.4, -0.2) is 25.0 Å². The number of hydrogen-bond donors (Lipinski definition) is 2. The first-order chi connectivity index (χ1) is 11.0. The fraction of sp³-hybridized carbons (Fsp3) is 0.125. The van der Waals surface area contributed by atoms with Crippen molar-refractivity contribution in [3.8, 4) is 5.75 Å². The van der Waals surface area contributed by atoms with Crippen LogP contribution in [0.4, 0.5) is 5.69 Å². The fourth-order valence-electron chi connectivity index (χ4n) is 1.69. The highest BCUT2D eigenvalue weighted by Crippen LogP contribution is 2.27. The third kappa shape index (κ3) is 5.81. The van der Waals surface area contributed by atoms with Crippen molar-refractivity contribution in [1.82, 2.24) is 5.32 Å². The molecule has 23 heavy (non-hydrogen) atoms. The van der Waals surface area contributed by atoms with E-state index in [4.69, 9.17) is 27.9 Å². The molecule has 7 heteroatoms. The van der Waals surface area contributed by atoms with Gasteiger partial charge in [-0.3, -0.25) is 9.59 Å². The van der Waals surface area contributed by atoms with Crippen molar-refractivity contribution in [1.29, 1.82) is 0 Å². The van der Waals surface area contributed by atoms with E-state index in [-0.39, 0.29) is 19.1 Å². The van der Waals surface area contributed by atoms with Crippen molar-refractivity contribution < 1.29 is 14.3 Å². The average molecular weight is 353 g/mol. The normalized spacial score (nSPS) is 10.0. The van der Waals surface area contributed by atoms with Crippen LogP contribution in [0.1, 0.15) is 0 Å². The number of benzene rings is 2. The van der Waals surface area contributed by atoms with Gasteiger partial charge in [-0.25, -0.2) is 0 Å². The van der Waals surface area contributed by atoms with E-state index in [1.807, 2.05) is 6.07 Å². The Morgan fingerprint density at radius 1 is 1.00 bits per heavy atom. The number of ether oxygens (including phenoxy) is 1. The van der Waals surface area contributed by atoms with Gasteiger partial charge in [0.05, 0.1) is 11.6 Å². The number of anilines is 1. The zero-order chi connectivity index (χ0) is 16.7. The molecule has 0 saturated carbocycles. The summed E-state index contributed by atoms with van der Waals surface area (Å²) < 4.78 is 5.27. The van der Waals surface area contributed by atoms with Gasteiger partial charge in [-0.1, -0.05) is 41.4 Å². The molecule has 0 radical (unpaired) electrons. The van der Waals surface area contributed by atoms with Crippen LogP contribution >= 0.6 is 23.2 Å². The van der Waals surface area contributed by atoms with Crippen LogP contribution in [0.2, 0.25) is 10.0 Å². The fourth-order valence-corrected chi connectivity index (χ4v) is 2.16. The highest BCUT2D eigenvalue weighted by molar-refractivity contribution is 6.35. The van der Waals surface area contributed by atoms with E-state index in [0.717, 1.165) is 0 Å². The van der Waals surface area contributed by atoms with Gasteiger partial charge in [0.1, 0.15) is 5.75 Å². The Kier molecular flexibility index (Phi) is 6.26. The maximum atomic E-state index is 11.7. The monoisotopic (exact) mass is 352 g/mol. The van der Waals surface area contributed by atoms with Crippen LogP contribution in [-0.2, 0) is 9.59 Å². The van der Waals surface area contributed by atoms with E-state index in [1.165, 1.54) is 6.07 Å². The van der Waals surface area contributed by atoms with E-state index in [1.54, 1.807) is 36.4 Å². The van der Waals surface area contributed by atoms with Crippen LogP contribution < -0.4 is 15.4 Å². The van der Waals surface area contributed by atoms with Crippen molar-refractivity contribution in [2.45, 2.75) is 0 Å². The second kappa shape index (κ2) is 8.41. The lowest BCUT2D eigenvalue weighted by molar-refractivity contribution is -0.125. The summed E-state index contributed by atoms with van der Waals surface area (Å²) in [6.07, 6.45) is 0. The second-order valence-corrected chi connectivity index (χ2v) is 5.40. The molecular weight excluding hydrogens is 339 g/mol. The molecule has 0 atom stereocenters. The first-order valence-corrected chi connectivity index (χ1v) is 7.49. The van der Waals surface area contributed by atoms with Crippen molar-refractivity contribution in [2.75, 3.05) is 18.5 Å². The van der Waals surface area contributed by atoms with E-state index in [0.29, 0.717) is 21.5 Å². The molecule has 0 spiro atoms. The molecule has 0 aliphatic carbocycles. The number of para-hydroxylation sites is 1. The molecule has 0 fully saturated rings. The Labute approximate surface area is 143 Å². The lowest BCUT2D eigenvalue weighted by Gasteiger charge is -2.09. The maximum absolute atomic E-state index is 11.7. The molecule has 0 heterocycles. The van der Waals surface area contributed by atoms with Crippen molar-refractivity contribution in [3.05, 3.63) is 58.6 Å².